The molecular weight excluding hydrogens is 388 g/mol. The van der Waals surface area contributed by atoms with Crippen molar-refractivity contribution in [2.75, 3.05) is 6.61 Å². The summed E-state index contributed by atoms with van der Waals surface area (Å²) in [6, 6.07) is 0. The van der Waals surface area contributed by atoms with E-state index in [-0.39, 0.29) is 30.2 Å². The van der Waals surface area contributed by atoms with Crippen molar-refractivity contribution >= 4 is 5.97 Å². The highest BCUT2D eigenvalue weighted by Crippen LogP contribution is 2.69. The average molecular weight is 435 g/mol. The fraction of sp³-hybridized carbons (Fsp3) is 0.963. The normalized spacial score (nSPS) is 50.2. The summed E-state index contributed by atoms with van der Waals surface area (Å²) >= 11 is 0. The second kappa shape index (κ2) is 8.63. The number of fused-ring (bicyclic) bond motifs is 5. The number of carbonyl (C=O) groups excluding carboxylic acids is 1. The smallest absolute Gasteiger partial charge is 0.302 e. The first kappa shape index (κ1) is 23.5. The highest BCUT2D eigenvalue weighted by Gasteiger charge is 2.65. The maximum atomic E-state index is 11.8. The minimum Gasteiger partial charge on any atom is -0.463 e. The van der Waals surface area contributed by atoms with Crippen LogP contribution in [0.3, 0.4) is 0 Å². The molecule has 4 rings (SSSR count). The summed E-state index contributed by atoms with van der Waals surface area (Å²) in [6.45, 7) is 11.4. The van der Waals surface area contributed by atoms with Crippen LogP contribution in [0.15, 0.2) is 0 Å². The number of hydrogen-bond donors (Lipinski definition) is 2. The Hall–Kier alpha value is -0.610. The number of aliphatic hydroxyl groups excluding tert-OH is 2. The molecule has 0 heterocycles. The lowest BCUT2D eigenvalue weighted by Crippen LogP contribution is -2.62. The Bertz CT molecular complexity index is 664. The SMILES string of the molecule is CC[C@H]1[C@@H](O)[C@H]2C3CC[C@H]([C@H](C)CCO)[C@@]3(C)CCC2[C@@]2(C)CC[C@@H](OC(C)=O)C[C@@H]12. The Labute approximate surface area is 189 Å². The predicted octanol–water partition coefficient (Wildman–Crippen LogP) is 5.20. The van der Waals surface area contributed by atoms with E-state index in [9.17, 15) is 15.0 Å². The van der Waals surface area contributed by atoms with Crippen molar-refractivity contribution in [1.29, 1.82) is 0 Å². The van der Waals surface area contributed by atoms with E-state index in [1.807, 2.05) is 0 Å². The van der Waals surface area contributed by atoms with Crippen molar-refractivity contribution in [2.45, 2.75) is 105 Å². The quantitative estimate of drug-likeness (QED) is 0.584. The fourth-order valence-corrected chi connectivity index (χ4v) is 9.66. The minimum atomic E-state index is -0.235. The van der Waals surface area contributed by atoms with Crippen molar-refractivity contribution in [3.8, 4) is 0 Å². The molecule has 4 nitrogen and oxygen atoms in total. The molecule has 0 aromatic rings. The Kier molecular flexibility index (Phi) is 6.55. The van der Waals surface area contributed by atoms with Crippen LogP contribution in [0.2, 0.25) is 0 Å². The van der Waals surface area contributed by atoms with Crippen molar-refractivity contribution in [3.05, 3.63) is 0 Å². The first-order valence-electron chi connectivity index (χ1n) is 13.1. The van der Waals surface area contributed by atoms with E-state index in [1.54, 1.807) is 0 Å². The molecule has 0 aromatic carbocycles. The van der Waals surface area contributed by atoms with E-state index in [4.69, 9.17) is 4.74 Å². The van der Waals surface area contributed by atoms with Crippen molar-refractivity contribution in [2.24, 2.45) is 52.3 Å². The zero-order chi connectivity index (χ0) is 22.6. The zero-order valence-electron chi connectivity index (χ0n) is 20.5. The van der Waals surface area contributed by atoms with Gasteiger partial charge in [-0.1, -0.05) is 34.1 Å². The summed E-state index contributed by atoms with van der Waals surface area (Å²) in [7, 11) is 0. The molecule has 0 amide bonds. The van der Waals surface area contributed by atoms with Crippen molar-refractivity contribution in [1.82, 2.24) is 0 Å². The molecule has 0 bridgehead atoms. The van der Waals surface area contributed by atoms with Crippen molar-refractivity contribution in [3.63, 3.8) is 0 Å². The third-order valence-electron chi connectivity index (χ3n) is 11.0. The molecule has 0 aliphatic heterocycles. The van der Waals surface area contributed by atoms with Gasteiger partial charge in [0.2, 0.25) is 0 Å². The van der Waals surface area contributed by atoms with Crippen LogP contribution in [-0.4, -0.2) is 35.0 Å². The van der Waals surface area contributed by atoms with E-state index in [2.05, 4.69) is 27.7 Å². The number of aliphatic hydroxyl groups is 2. The molecule has 0 aromatic heterocycles. The van der Waals surface area contributed by atoms with Gasteiger partial charge in [0.05, 0.1) is 6.10 Å². The molecule has 2 N–H and O–H groups in total. The summed E-state index contributed by atoms with van der Waals surface area (Å²) < 4.78 is 5.66. The van der Waals surface area contributed by atoms with Gasteiger partial charge in [-0.05, 0) is 104 Å². The van der Waals surface area contributed by atoms with Crippen LogP contribution in [0.4, 0.5) is 0 Å². The molecule has 11 atom stereocenters. The summed E-state index contributed by atoms with van der Waals surface area (Å²) in [5, 5.41) is 21.4. The minimum absolute atomic E-state index is 0.0254. The Morgan fingerprint density at radius 3 is 2.39 bits per heavy atom. The van der Waals surface area contributed by atoms with Gasteiger partial charge in [-0.2, -0.15) is 0 Å². The van der Waals surface area contributed by atoms with Gasteiger partial charge >= 0.3 is 5.97 Å². The van der Waals surface area contributed by atoms with Gasteiger partial charge in [0, 0.05) is 13.5 Å². The standard InChI is InChI=1S/C27H46O4/c1-6-19-23-15-18(31-17(3)29)9-12-27(23,5)22-10-13-26(4)20(16(2)11-14-28)7-8-21(26)24(22)25(19)30/h16,18-25,28,30H,6-15H2,1-5H3/t16-,18-,19-,20-,21?,22?,23+,24+,25-,26-,27-/m1/s1. The van der Waals surface area contributed by atoms with Crippen LogP contribution < -0.4 is 0 Å². The van der Waals surface area contributed by atoms with E-state index in [0.717, 1.165) is 32.1 Å². The van der Waals surface area contributed by atoms with E-state index < -0.39 is 0 Å². The first-order chi connectivity index (χ1) is 14.7. The third kappa shape index (κ3) is 3.68. The van der Waals surface area contributed by atoms with Crippen LogP contribution in [-0.2, 0) is 9.53 Å². The largest absolute Gasteiger partial charge is 0.463 e. The van der Waals surface area contributed by atoms with Gasteiger partial charge in [-0.15, -0.1) is 0 Å². The molecule has 31 heavy (non-hydrogen) atoms. The molecule has 0 spiro atoms. The molecule has 4 heteroatoms. The van der Waals surface area contributed by atoms with Crippen LogP contribution in [0.25, 0.3) is 0 Å². The molecule has 2 unspecified atom stereocenters. The predicted molar refractivity (Wildman–Crippen MR) is 122 cm³/mol. The topological polar surface area (TPSA) is 66.8 Å². The number of ether oxygens (including phenoxy) is 1. The molecule has 0 saturated heterocycles. The fourth-order valence-electron chi connectivity index (χ4n) is 9.66. The molecule has 4 fully saturated rings. The maximum Gasteiger partial charge on any atom is 0.302 e. The lowest BCUT2D eigenvalue weighted by Gasteiger charge is -2.64. The molecule has 178 valence electrons. The summed E-state index contributed by atoms with van der Waals surface area (Å²) in [5.74, 6) is 3.40. The van der Waals surface area contributed by atoms with E-state index >= 15 is 0 Å². The zero-order valence-corrected chi connectivity index (χ0v) is 20.5. The van der Waals surface area contributed by atoms with Gasteiger partial charge in [0.1, 0.15) is 6.10 Å². The lowest BCUT2D eigenvalue weighted by atomic mass is 9.41. The van der Waals surface area contributed by atoms with Gasteiger partial charge in [-0.3, -0.25) is 4.79 Å². The first-order valence-corrected chi connectivity index (χ1v) is 13.1. The number of carbonyl (C=O) groups is 1. The molecule has 4 aliphatic carbocycles. The van der Waals surface area contributed by atoms with Crippen molar-refractivity contribution < 1.29 is 19.7 Å². The van der Waals surface area contributed by atoms with Gasteiger partial charge in [0.15, 0.2) is 0 Å². The Balaban J connectivity index is 1.62. The maximum absolute atomic E-state index is 11.8. The monoisotopic (exact) mass is 434 g/mol. The van der Waals surface area contributed by atoms with Crippen LogP contribution >= 0.6 is 0 Å². The number of rotatable bonds is 5. The molecule has 4 aliphatic rings. The highest BCUT2D eigenvalue weighted by molar-refractivity contribution is 5.66. The average Bonchev–Trinajstić information content (AvgIpc) is 3.06. The second-order valence-electron chi connectivity index (χ2n) is 12.2. The molecule has 0 radical (unpaired) electrons. The summed E-state index contributed by atoms with van der Waals surface area (Å²) in [4.78, 5) is 11.6. The third-order valence-corrected chi connectivity index (χ3v) is 11.0. The lowest BCUT2D eigenvalue weighted by molar-refractivity contribution is -0.207. The van der Waals surface area contributed by atoms with Gasteiger partial charge in [-0.25, -0.2) is 0 Å². The second-order valence-corrected chi connectivity index (χ2v) is 12.2. The molecule has 4 saturated carbocycles. The Morgan fingerprint density at radius 2 is 1.74 bits per heavy atom. The van der Waals surface area contributed by atoms with Crippen LogP contribution in [0.5, 0.6) is 0 Å². The van der Waals surface area contributed by atoms with Gasteiger partial charge in [0.25, 0.3) is 0 Å². The van der Waals surface area contributed by atoms with Gasteiger partial charge < -0.3 is 14.9 Å². The highest BCUT2D eigenvalue weighted by atomic mass is 16.5. The number of hydrogen-bond acceptors (Lipinski definition) is 4. The van der Waals surface area contributed by atoms with E-state index in [1.165, 1.54) is 32.6 Å². The Morgan fingerprint density at radius 1 is 1.06 bits per heavy atom. The van der Waals surface area contributed by atoms with E-state index in [0.29, 0.717) is 46.8 Å². The molecular formula is C27H46O4. The van der Waals surface area contributed by atoms with Crippen LogP contribution in [0, 0.1) is 52.3 Å². The summed E-state index contributed by atoms with van der Waals surface area (Å²) in [5.41, 5.74) is 0.546. The summed E-state index contributed by atoms with van der Waals surface area (Å²) in [6.07, 6.45) is 9.69. The number of esters is 1. The van der Waals surface area contributed by atoms with Crippen LogP contribution in [0.1, 0.15) is 92.4 Å².